The summed E-state index contributed by atoms with van der Waals surface area (Å²) in [6.45, 7) is 4.87. The van der Waals surface area contributed by atoms with Gasteiger partial charge in [0.05, 0.1) is 5.69 Å². The van der Waals surface area contributed by atoms with Crippen molar-refractivity contribution in [1.29, 1.82) is 0 Å². The van der Waals surface area contributed by atoms with Gasteiger partial charge in [0.1, 0.15) is 0 Å². The summed E-state index contributed by atoms with van der Waals surface area (Å²) in [5.41, 5.74) is 2.49. The maximum absolute atomic E-state index is 4.43. The van der Waals surface area contributed by atoms with E-state index in [9.17, 15) is 0 Å². The van der Waals surface area contributed by atoms with E-state index in [0.717, 1.165) is 31.7 Å². The third kappa shape index (κ3) is 4.51. The SMILES string of the molecule is CCn1ccc(CNCCc2ccccc2)n1.Cl. The number of nitrogens with zero attached hydrogens (tertiary/aromatic N) is 2. The fourth-order valence-electron chi connectivity index (χ4n) is 1.77. The Morgan fingerprint density at radius 1 is 1.17 bits per heavy atom. The molecule has 0 radical (unpaired) electrons. The van der Waals surface area contributed by atoms with Crippen molar-refractivity contribution in [3.8, 4) is 0 Å². The molecule has 0 aliphatic carbocycles. The van der Waals surface area contributed by atoms with Crippen molar-refractivity contribution in [2.75, 3.05) is 6.54 Å². The molecule has 0 bridgehead atoms. The zero-order valence-electron chi connectivity index (χ0n) is 10.7. The number of aryl methyl sites for hydroxylation is 1. The second-order valence-electron chi connectivity index (χ2n) is 4.08. The Morgan fingerprint density at radius 3 is 2.61 bits per heavy atom. The third-order valence-corrected chi connectivity index (χ3v) is 2.76. The first-order chi connectivity index (χ1) is 8.38. The molecule has 98 valence electrons. The van der Waals surface area contributed by atoms with Crippen LogP contribution in [-0.4, -0.2) is 16.3 Å². The lowest BCUT2D eigenvalue weighted by Crippen LogP contribution is -2.17. The summed E-state index contributed by atoms with van der Waals surface area (Å²) in [7, 11) is 0. The standard InChI is InChI=1S/C14H19N3.ClH/c1-2-17-11-9-14(16-17)12-15-10-8-13-6-4-3-5-7-13;/h3-7,9,11,15H,2,8,10,12H2,1H3;1H. The highest BCUT2D eigenvalue weighted by molar-refractivity contribution is 5.85. The smallest absolute Gasteiger partial charge is 0.0762 e. The normalized spacial score (nSPS) is 10.1. The van der Waals surface area contributed by atoms with Gasteiger partial charge in [0.2, 0.25) is 0 Å². The summed E-state index contributed by atoms with van der Waals surface area (Å²) in [6, 6.07) is 12.6. The van der Waals surface area contributed by atoms with E-state index in [1.165, 1.54) is 5.56 Å². The first-order valence-electron chi connectivity index (χ1n) is 6.15. The molecule has 0 spiro atoms. The van der Waals surface area contributed by atoms with Crippen LogP contribution >= 0.6 is 12.4 Å². The molecular weight excluding hydrogens is 246 g/mol. The van der Waals surface area contributed by atoms with E-state index < -0.39 is 0 Å². The predicted octanol–water partition coefficient (Wildman–Crippen LogP) is 2.66. The molecule has 1 heterocycles. The molecule has 18 heavy (non-hydrogen) atoms. The van der Waals surface area contributed by atoms with Crippen LogP contribution in [0.1, 0.15) is 18.2 Å². The zero-order valence-corrected chi connectivity index (χ0v) is 11.5. The van der Waals surface area contributed by atoms with Crippen molar-refractivity contribution in [3.63, 3.8) is 0 Å². The number of rotatable bonds is 6. The van der Waals surface area contributed by atoms with Gasteiger partial charge in [-0.3, -0.25) is 4.68 Å². The van der Waals surface area contributed by atoms with Crippen molar-refractivity contribution in [3.05, 3.63) is 53.9 Å². The molecule has 2 rings (SSSR count). The lowest BCUT2D eigenvalue weighted by Gasteiger charge is -2.03. The average molecular weight is 266 g/mol. The van der Waals surface area contributed by atoms with E-state index in [1.807, 2.05) is 16.9 Å². The van der Waals surface area contributed by atoms with Gasteiger partial charge in [-0.25, -0.2) is 0 Å². The van der Waals surface area contributed by atoms with Gasteiger partial charge in [-0.1, -0.05) is 30.3 Å². The molecule has 0 aliphatic heterocycles. The summed E-state index contributed by atoms with van der Waals surface area (Å²) in [4.78, 5) is 0. The highest BCUT2D eigenvalue weighted by Crippen LogP contribution is 1.99. The zero-order chi connectivity index (χ0) is 11.9. The number of halogens is 1. The van der Waals surface area contributed by atoms with Crippen molar-refractivity contribution in [2.45, 2.75) is 26.4 Å². The minimum atomic E-state index is 0. The molecular formula is C14H20ClN3. The van der Waals surface area contributed by atoms with Gasteiger partial charge in [0.25, 0.3) is 0 Å². The monoisotopic (exact) mass is 265 g/mol. The molecule has 0 saturated carbocycles. The fraction of sp³-hybridized carbons (Fsp3) is 0.357. The molecule has 0 fully saturated rings. The second-order valence-corrected chi connectivity index (χ2v) is 4.08. The molecule has 0 aliphatic rings. The van der Waals surface area contributed by atoms with Crippen LogP contribution in [0.3, 0.4) is 0 Å². The van der Waals surface area contributed by atoms with Crippen molar-refractivity contribution in [1.82, 2.24) is 15.1 Å². The van der Waals surface area contributed by atoms with E-state index in [4.69, 9.17) is 0 Å². The average Bonchev–Trinajstić information content (AvgIpc) is 2.84. The van der Waals surface area contributed by atoms with E-state index in [0.29, 0.717) is 0 Å². The van der Waals surface area contributed by atoms with Gasteiger partial charge in [0, 0.05) is 19.3 Å². The number of aromatic nitrogens is 2. The molecule has 0 saturated heterocycles. The molecule has 0 unspecified atom stereocenters. The largest absolute Gasteiger partial charge is 0.311 e. The number of nitrogens with one attached hydrogen (secondary N) is 1. The Labute approximate surface area is 115 Å². The lowest BCUT2D eigenvalue weighted by molar-refractivity contribution is 0.619. The first-order valence-corrected chi connectivity index (χ1v) is 6.15. The van der Waals surface area contributed by atoms with Crippen molar-refractivity contribution >= 4 is 12.4 Å². The highest BCUT2D eigenvalue weighted by atomic mass is 35.5. The third-order valence-electron chi connectivity index (χ3n) is 2.76. The van der Waals surface area contributed by atoms with Crippen LogP contribution in [0.15, 0.2) is 42.6 Å². The number of hydrogen-bond acceptors (Lipinski definition) is 2. The summed E-state index contributed by atoms with van der Waals surface area (Å²) in [5, 5.41) is 7.84. The highest BCUT2D eigenvalue weighted by Gasteiger charge is 1.97. The maximum Gasteiger partial charge on any atom is 0.0762 e. The molecule has 3 nitrogen and oxygen atoms in total. The molecule has 4 heteroatoms. The molecule has 0 amide bonds. The van der Waals surface area contributed by atoms with Crippen molar-refractivity contribution in [2.24, 2.45) is 0 Å². The van der Waals surface area contributed by atoms with Crippen LogP contribution in [0.25, 0.3) is 0 Å². The Bertz CT molecular complexity index is 439. The van der Waals surface area contributed by atoms with Crippen LogP contribution < -0.4 is 5.32 Å². The summed E-state index contributed by atoms with van der Waals surface area (Å²) < 4.78 is 1.95. The minimum absolute atomic E-state index is 0. The first kappa shape index (κ1) is 14.7. The van der Waals surface area contributed by atoms with Crippen LogP contribution in [0, 0.1) is 0 Å². The van der Waals surface area contributed by atoms with Crippen LogP contribution in [-0.2, 0) is 19.5 Å². The predicted molar refractivity (Wildman–Crippen MR) is 77.0 cm³/mol. The van der Waals surface area contributed by atoms with E-state index >= 15 is 0 Å². The van der Waals surface area contributed by atoms with Crippen molar-refractivity contribution < 1.29 is 0 Å². The Kier molecular flexibility index (Phi) is 6.47. The Hall–Kier alpha value is -1.32. The van der Waals surface area contributed by atoms with Gasteiger partial charge < -0.3 is 5.32 Å². The van der Waals surface area contributed by atoms with Gasteiger partial charge in [-0.2, -0.15) is 5.10 Å². The van der Waals surface area contributed by atoms with Crippen LogP contribution in [0.2, 0.25) is 0 Å². The lowest BCUT2D eigenvalue weighted by atomic mass is 10.1. The van der Waals surface area contributed by atoms with Gasteiger partial charge in [-0.15, -0.1) is 12.4 Å². The topological polar surface area (TPSA) is 29.9 Å². The quantitative estimate of drug-likeness (QED) is 0.814. The summed E-state index contributed by atoms with van der Waals surface area (Å²) in [6.07, 6.45) is 3.09. The number of hydrogen-bond donors (Lipinski definition) is 1. The molecule has 1 N–H and O–H groups in total. The molecule has 1 aromatic heterocycles. The fourth-order valence-corrected chi connectivity index (χ4v) is 1.77. The van der Waals surface area contributed by atoms with E-state index in [1.54, 1.807) is 0 Å². The van der Waals surface area contributed by atoms with E-state index in [-0.39, 0.29) is 12.4 Å². The second kappa shape index (κ2) is 7.90. The Morgan fingerprint density at radius 2 is 1.94 bits per heavy atom. The number of benzene rings is 1. The van der Waals surface area contributed by atoms with Gasteiger partial charge >= 0.3 is 0 Å². The van der Waals surface area contributed by atoms with Crippen LogP contribution in [0.5, 0.6) is 0 Å². The Balaban J connectivity index is 0.00000162. The minimum Gasteiger partial charge on any atom is -0.311 e. The molecule has 2 aromatic rings. The maximum atomic E-state index is 4.43. The van der Waals surface area contributed by atoms with E-state index in [2.05, 4.69) is 47.7 Å². The summed E-state index contributed by atoms with van der Waals surface area (Å²) in [5.74, 6) is 0. The summed E-state index contributed by atoms with van der Waals surface area (Å²) >= 11 is 0. The molecule has 0 atom stereocenters. The van der Waals surface area contributed by atoms with Gasteiger partial charge in [-0.05, 0) is 31.5 Å². The van der Waals surface area contributed by atoms with Crippen LogP contribution in [0.4, 0.5) is 0 Å². The van der Waals surface area contributed by atoms with Gasteiger partial charge in [0.15, 0.2) is 0 Å². The molecule has 1 aromatic carbocycles.